The molecule has 5 aromatic rings. The van der Waals surface area contributed by atoms with Crippen molar-refractivity contribution in [2.24, 2.45) is 0 Å². The molecule has 5 heteroatoms. The molecule has 0 fully saturated rings. The Morgan fingerprint density at radius 1 is 1.03 bits per heavy atom. The van der Waals surface area contributed by atoms with Crippen LogP contribution in [-0.2, 0) is 6.54 Å². The fraction of sp³-hybridized carbons (Fsp3) is 0.0400. The molecule has 3 aromatic carbocycles. The third kappa shape index (κ3) is 3.26. The highest BCUT2D eigenvalue weighted by molar-refractivity contribution is 6.31. The Bertz CT molecular complexity index is 1420. The number of benzene rings is 3. The first kappa shape index (κ1) is 18.2. The second-order valence-corrected chi connectivity index (χ2v) is 7.50. The van der Waals surface area contributed by atoms with E-state index in [1.54, 1.807) is 0 Å². The van der Waals surface area contributed by atoms with Crippen LogP contribution in [0.1, 0.15) is 17.0 Å². The van der Waals surface area contributed by atoms with Crippen LogP contribution in [0.25, 0.3) is 33.6 Å². The van der Waals surface area contributed by atoms with E-state index in [1.165, 1.54) is 0 Å². The number of nitrogens with one attached hydrogen (secondary N) is 1. The monoisotopic (exact) mass is 408 g/mol. The molecule has 5 rings (SSSR count). The smallest absolute Gasteiger partial charge is 0.149 e. The standard InChI is InChI=1S/C25H17ClN4/c26-21-9-3-1-7-17(21)15-30-16-19(20-8-2-6-12-24(20)30)13-18(14-27)25-28-22-10-4-5-11-23(22)29-25/h1-13,16H,15H2,(H,28,29)/b18-13+. The van der Waals surface area contributed by atoms with Crippen LogP contribution in [-0.4, -0.2) is 14.5 Å². The van der Waals surface area contributed by atoms with E-state index in [0.717, 1.165) is 38.1 Å². The van der Waals surface area contributed by atoms with Gasteiger partial charge in [0.2, 0.25) is 0 Å². The minimum Gasteiger partial charge on any atom is -0.342 e. The summed E-state index contributed by atoms with van der Waals surface area (Å²) >= 11 is 6.38. The Morgan fingerprint density at radius 2 is 1.80 bits per heavy atom. The topological polar surface area (TPSA) is 57.4 Å². The van der Waals surface area contributed by atoms with Crippen molar-refractivity contribution >= 4 is 45.2 Å². The number of nitrogens with zero attached hydrogens (tertiary/aromatic N) is 3. The number of para-hydroxylation sites is 3. The van der Waals surface area contributed by atoms with Crippen LogP contribution in [0.4, 0.5) is 0 Å². The van der Waals surface area contributed by atoms with Gasteiger partial charge in [-0.3, -0.25) is 0 Å². The molecule has 144 valence electrons. The number of halogens is 1. The second kappa shape index (κ2) is 7.55. The predicted molar refractivity (Wildman–Crippen MR) is 122 cm³/mol. The molecule has 1 N–H and O–H groups in total. The van der Waals surface area contributed by atoms with Gasteiger partial charge in [0, 0.05) is 34.2 Å². The SMILES string of the molecule is N#C/C(=C\c1cn(Cc2ccccc2Cl)c2ccccc12)c1nc2ccccc2[nH]1. The van der Waals surface area contributed by atoms with Crippen LogP contribution >= 0.6 is 11.6 Å². The number of allylic oxidation sites excluding steroid dienone is 1. The van der Waals surface area contributed by atoms with E-state index in [-0.39, 0.29) is 0 Å². The van der Waals surface area contributed by atoms with Crippen LogP contribution in [0, 0.1) is 11.3 Å². The summed E-state index contributed by atoms with van der Waals surface area (Å²) in [6.45, 7) is 0.653. The van der Waals surface area contributed by atoms with Crippen LogP contribution in [0.3, 0.4) is 0 Å². The molecule has 0 saturated heterocycles. The lowest BCUT2D eigenvalue weighted by Crippen LogP contribution is -1.98. The summed E-state index contributed by atoms with van der Waals surface area (Å²) in [4.78, 5) is 7.82. The van der Waals surface area contributed by atoms with Gasteiger partial charge in [0.15, 0.2) is 0 Å². The van der Waals surface area contributed by atoms with Gasteiger partial charge in [-0.2, -0.15) is 5.26 Å². The fourth-order valence-electron chi connectivity index (χ4n) is 3.72. The number of imidazole rings is 1. The van der Waals surface area contributed by atoms with Crippen molar-refractivity contribution in [3.05, 3.63) is 101 Å². The van der Waals surface area contributed by atoms with Crippen molar-refractivity contribution in [1.82, 2.24) is 14.5 Å². The van der Waals surface area contributed by atoms with E-state index >= 15 is 0 Å². The molecule has 30 heavy (non-hydrogen) atoms. The third-order valence-corrected chi connectivity index (χ3v) is 5.55. The molecule has 4 nitrogen and oxygen atoms in total. The summed E-state index contributed by atoms with van der Waals surface area (Å²) in [5.74, 6) is 0.571. The van der Waals surface area contributed by atoms with Crippen LogP contribution in [0.15, 0.2) is 79.0 Å². The minimum atomic E-state index is 0.492. The van der Waals surface area contributed by atoms with E-state index < -0.39 is 0 Å². The first-order valence-electron chi connectivity index (χ1n) is 9.61. The number of aromatic nitrogens is 3. The molecule has 0 amide bonds. The summed E-state index contributed by atoms with van der Waals surface area (Å²) in [6.07, 6.45) is 3.96. The molecule has 0 unspecified atom stereocenters. The van der Waals surface area contributed by atoms with E-state index in [0.29, 0.717) is 17.9 Å². The van der Waals surface area contributed by atoms with E-state index in [1.807, 2.05) is 66.7 Å². The Hall–Kier alpha value is -3.81. The van der Waals surface area contributed by atoms with Crippen LogP contribution in [0.2, 0.25) is 5.02 Å². The van der Waals surface area contributed by atoms with E-state index in [9.17, 15) is 5.26 Å². The Morgan fingerprint density at radius 3 is 2.63 bits per heavy atom. The summed E-state index contributed by atoms with van der Waals surface area (Å²) < 4.78 is 2.16. The van der Waals surface area contributed by atoms with Gasteiger partial charge in [-0.05, 0) is 35.9 Å². The number of H-pyrrole nitrogens is 1. The molecule has 2 aromatic heterocycles. The molecular formula is C25H17ClN4. The zero-order valence-corrected chi connectivity index (χ0v) is 16.8. The maximum Gasteiger partial charge on any atom is 0.149 e. The van der Waals surface area contributed by atoms with Gasteiger partial charge in [0.1, 0.15) is 11.9 Å². The molecule has 0 aliphatic carbocycles. The van der Waals surface area contributed by atoms with Crippen molar-refractivity contribution in [3.63, 3.8) is 0 Å². The van der Waals surface area contributed by atoms with Crippen molar-refractivity contribution in [1.29, 1.82) is 5.26 Å². The lowest BCUT2D eigenvalue weighted by atomic mass is 10.1. The van der Waals surface area contributed by atoms with Gasteiger partial charge in [0.05, 0.1) is 16.6 Å². The Labute approximate surface area is 178 Å². The van der Waals surface area contributed by atoms with Gasteiger partial charge in [0.25, 0.3) is 0 Å². The maximum absolute atomic E-state index is 9.81. The lowest BCUT2D eigenvalue weighted by Gasteiger charge is -2.07. The summed E-state index contributed by atoms with van der Waals surface area (Å²) in [5, 5.41) is 11.6. The van der Waals surface area contributed by atoms with Crippen LogP contribution in [0.5, 0.6) is 0 Å². The molecule has 0 saturated carbocycles. The molecule has 0 radical (unpaired) electrons. The highest BCUT2D eigenvalue weighted by Crippen LogP contribution is 2.28. The number of nitriles is 1. The number of aromatic amines is 1. The zero-order valence-electron chi connectivity index (χ0n) is 16.0. The first-order valence-corrected chi connectivity index (χ1v) is 9.99. The molecule has 0 atom stereocenters. The van der Waals surface area contributed by atoms with Crippen molar-refractivity contribution in [2.45, 2.75) is 6.54 Å². The fourth-order valence-corrected chi connectivity index (χ4v) is 3.92. The number of fused-ring (bicyclic) bond motifs is 2. The van der Waals surface area contributed by atoms with Crippen LogP contribution < -0.4 is 0 Å². The van der Waals surface area contributed by atoms with Crippen molar-refractivity contribution in [3.8, 4) is 6.07 Å². The number of rotatable bonds is 4. The minimum absolute atomic E-state index is 0.492. The molecule has 0 aliphatic rings. The normalized spacial score (nSPS) is 11.8. The van der Waals surface area contributed by atoms with Gasteiger partial charge < -0.3 is 9.55 Å². The number of hydrogen-bond acceptors (Lipinski definition) is 2. The lowest BCUT2D eigenvalue weighted by molar-refractivity contribution is 0.836. The first-order chi connectivity index (χ1) is 14.7. The van der Waals surface area contributed by atoms with Crippen molar-refractivity contribution < 1.29 is 0 Å². The van der Waals surface area contributed by atoms with Gasteiger partial charge >= 0.3 is 0 Å². The molecular weight excluding hydrogens is 392 g/mol. The largest absolute Gasteiger partial charge is 0.342 e. The molecule has 0 bridgehead atoms. The molecule has 2 heterocycles. The highest BCUT2D eigenvalue weighted by Gasteiger charge is 2.12. The second-order valence-electron chi connectivity index (χ2n) is 7.09. The maximum atomic E-state index is 9.81. The van der Waals surface area contributed by atoms with Gasteiger partial charge in [-0.15, -0.1) is 0 Å². The van der Waals surface area contributed by atoms with Crippen molar-refractivity contribution in [2.75, 3.05) is 0 Å². The van der Waals surface area contributed by atoms with E-state index in [4.69, 9.17) is 11.6 Å². The highest BCUT2D eigenvalue weighted by atomic mass is 35.5. The van der Waals surface area contributed by atoms with Gasteiger partial charge in [-0.1, -0.05) is 60.1 Å². The average molecular weight is 409 g/mol. The number of hydrogen-bond donors (Lipinski definition) is 1. The summed E-state index contributed by atoms with van der Waals surface area (Å²) in [6, 6.07) is 26.1. The third-order valence-electron chi connectivity index (χ3n) is 5.18. The average Bonchev–Trinajstić information content (AvgIpc) is 3.35. The summed E-state index contributed by atoms with van der Waals surface area (Å²) in [7, 11) is 0. The van der Waals surface area contributed by atoms with Gasteiger partial charge in [-0.25, -0.2) is 4.98 Å². The Balaban J connectivity index is 1.61. The predicted octanol–water partition coefficient (Wildman–Crippen LogP) is 6.28. The summed E-state index contributed by atoms with van der Waals surface area (Å²) in [5.41, 5.74) is 5.35. The molecule has 0 spiro atoms. The quantitative estimate of drug-likeness (QED) is 0.355. The molecule has 0 aliphatic heterocycles. The van der Waals surface area contributed by atoms with E-state index in [2.05, 4.69) is 38.9 Å². The zero-order chi connectivity index (χ0) is 20.5. The Kier molecular flexibility index (Phi) is 4.59.